The Balaban J connectivity index is 3.25. The van der Waals surface area contributed by atoms with Crippen molar-refractivity contribution in [2.45, 2.75) is 18.7 Å². The normalized spacial score (nSPS) is 11.5. The topological polar surface area (TPSA) is 55.4 Å². The maximum Gasteiger partial charge on any atom is 0.242 e. The van der Waals surface area contributed by atoms with Crippen molar-refractivity contribution in [1.29, 1.82) is 0 Å². The molecule has 0 heterocycles. The van der Waals surface area contributed by atoms with Gasteiger partial charge in [-0.3, -0.25) is 0 Å². The number of halogens is 2. The van der Waals surface area contributed by atoms with Crippen molar-refractivity contribution >= 4 is 33.2 Å². The lowest BCUT2D eigenvalue weighted by molar-refractivity contribution is 0.340. The maximum absolute atomic E-state index is 11.8. The second kappa shape index (κ2) is 5.91. The number of hydrogen-bond donors (Lipinski definition) is 1. The number of nitrogens with one attached hydrogen (secondary N) is 1. The smallest absolute Gasteiger partial charge is 0.242 e. The Hall–Kier alpha value is -0.490. The fourth-order valence-corrected chi connectivity index (χ4v) is 3.12. The van der Waals surface area contributed by atoms with Gasteiger partial charge in [0.25, 0.3) is 0 Å². The minimum Gasteiger partial charge on any atom is -0.492 e. The number of sulfonamides is 1. The summed E-state index contributed by atoms with van der Waals surface area (Å²) in [6.45, 7) is 4.19. The van der Waals surface area contributed by atoms with Crippen LogP contribution in [0.15, 0.2) is 17.0 Å². The van der Waals surface area contributed by atoms with Crippen molar-refractivity contribution in [2.75, 3.05) is 13.2 Å². The summed E-state index contributed by atoms with van der Waals surface area (Å²) in [6, 6.07) is 2.69. The zero-order valence-corrected chi connectivity index (χ0v) is 11.8. The number of ether oxygens (including phenoxy) is 1. The van der Waals surface area contributed by atoms with E-state index < -0.39 is 10.0 Å². The summed E-state index contributed by atoms with van der Waals surface area (Å²) in [5.41, 5.74) is 0. The Morgan fingerprint density at radius 2 is 1.88 bits per heavy atom. The van der Waals surface area contributed by atoms with Crippen molar-refractivity contribution in [3.63, 3.8) is 0 Å². The maximum atomic E-state index is 11.8. The highest BCUT2D eigenvalue weighted by Crippen LogP contribution is 2.33. The van der Waals surface area contributed by atoms with E-state index in [-0.39, 0.29) is 21.5 Å². The van der Waals surface area contributed by atoms with E-state index in [4.69, 9.17) is 27.9 Å². The molecule has 1 N–H and O–H groups in total. The van der Waals surface area contributed by atoms with Crippen molar-refractivity contribution in [1.82, 2.24) is 4.72 Å². The first kappa shape index (κ1) is 14.6. The van der Waals surface area contributed by atoms with Crippen LogP contribution in [0, 0.1) is 0 Å². The SMILES string of the molecule is CCNS(=O)(=O)c1cc(Cl)c(OCC)cc1Cl. The molecule has 0 saturated carbocycles. The molecule has 1 rings (SSSR count). The lowest BCUT2D eigenvalue weighted by Crippen LogP contribution is -2.23. The molecule has 0 spiro atoms. The molecule has 0 bridgehead atoms. The summed E-state index contributed by atoms with van der Waals surface area (Å²) in [5, 5.41) is 0.298. The lowest BCUT2D eigenvalue weighted by Gasteiger charge is -2.10. The Labute approximate surface area is 111 Å². The molecule has 0 amide bonds. The average Bonchev–Trinajstić information content (AvgIpc) is 2.23. The van der Waals surface area contributed by atoms with Crippen LogP contribution in [0.4, 0.5) is 0 Å². The van der Waals surface area contributed by atoms with Crippen molar-refractivity contribution < 1.29 is 13.2 Å². The predicted octanol–water partition coefficient (Wildman–Crippen LogP) is 2.69. The molecule has 0 fully saturated rings. The number of hydrogen-bond acceptors (Lipinski definition) is 3. The molecule has 0 saturated heterocycles. The monoisotopic (exact) mass is 297 g/mol. The molecule has 0 aliphatic rings. The summed E-state index contributed by atoms with van der Waals surface area (Å²) in [4.78, 5) is -0.0468. The van der Waals surface area contributed by atoms with Gasteiger partial charge in [-0.05, 0) is 13.0 Å². The Morgan fingerprint density at radius 3 is 2.41 bits per heavy atom. The van der Waals surface area contributed by atoms with Crippen LogP contribution in [-0.4, -0.2) is 21.6 Å². The van der Waals surface area contributed by atoms with Crippen LogP contribution in [0.25, 0.3) is 0 Å². The summed E-state index contributed by atoms with van der Waals surface area (Å²) in [7, 11) is -3.62. The highest BCUT2D eigenvalue weighted by Gasteiger charge is 2.19. The van der Waals surface area contributed by atoms with Gasteiger partial charge in [0.1, 0.15) is 10.6 Å². The highest BCUT2D eigenvalue weighted by molar-refractivity contribution is 7.89. The molecule has 1 aromatic carbocycles. The van der Waals surface area contributed by atoms with Gasteiger partial charge in [0.05, 0.1) is 16.7 Å². The Morgan fingerprint density at radius 1 is 1.24 bits per heavy atom. The van der Waals surface area contributed by atoms with E-state index in [1.54, 1.807) is 13.8 Å². The molecule has 0 aliphatic carbocycles. The molecule has 0 aromatic heterocycles. The minimum atomic E-state index is -3.62. The van der Waals surface area contributed by atoms with E-state index in [0.717, 1.165) is 0 Å². The largest absolute Gasteiger partial charge is 0.492 e. The second-order valence-corrected chi connectivity index (χ2v) is 5.70. The molecule has 0 atom stereocenters. The first-order valence-electron chi connectivity index (χ1n) is 5.03. The van der Waals surface area contributed by atoms with E-state index in [1.165, 1.54) is 12.1 Å². The van der Waals surface area contributed by atoms with Crippen LogP contribution in [0.5, 0.6) is 5.75 Å². The summed E-state index contributed by atoms with van der Waals surface area (Å²) >= 11 is 11.8. The Kier molecular flexibility index (Phi) is 5.06. The standard InChI is InChI=1S/C10H13Cl2NO3S/c1-3-13-17(14,15)10-6-7(11)9(16-4-2)5-8(10)12/h5-6,13H,3-4H2,1-2H3. The van der Waals surface area contributed by atoms with Crippen LogP contribution in [0.2, 0.25) is 10.0 Å². The van der Waals surface area contributed by atoms with E-state index in [1.807, 2.05) is 0 Å². The van der Waals surface area contributed by atoms with Gasteiger partial charge in [-0.2, -0.15) is 0 Å². The van der Waals surface area contributed by atoms with Crippen molar-refractivity contribution in [3.05, 3.63) is 22.2 Å². The number of rotatable bonds is 5. The van der Waals surface area contributed by atoms with Crippen LogP contribution in [-0.2, 0) is 10.0 Å². The lowest BCUT2D eigenvalue weighted by atomic mass is 10.3. The molecule has 17 heavy (non-hydrogen) atoms. The predicted molar refractivity (Wildman–Crippen MR) is 68.5 cm³/mol. The minimum absolute atomic E-state index is 0.0468. The second-order valence-electron chi connectivity index (χ2n) is 3.15. The first-order chi connectivity index (χ1) is 7.92. The van der Waals surface area contributed by atoms with Crippen LogP contribution < -0.4 is 9.46 Å². The third-order valence-electron chi connectivity index (χ3n) is 1.91. The first-order valence-corrected chi connectivity index (χ1v) is 7.27. The van der Waals surface area contributed by atoms with Crippen LogP contribution in [0.1, 0.15) is 13.8 Å². The average molecular weight is 298 g/mol. The van der Waals surface area contributed by atoms with E-state index >= 15 is 0 Å². The molecule has 0 aliphatic heterocycles. The highest BCUT2D eigenvalue weighted by atomic mass is 35.5. The van der Waals surface area contributed by atoms with E-state index in [2.05, 4.69) is 4.72 Å². The van der Waals surface area contributed by atoms with Crippen molar-refractivity contribution in [3.8, 4) is 5.75 Å². The molecule has 96 valence electrons. The molecule has 1 aromatic rings. The van der Waals surface area contributed by atoms with E-state index in [9.17, 15) is 8.42 Å². The van der Waals surface area contributed by atoms with E-state index in [0.29, 0.717) is 12.4 Å². The summed E-state index contributed by atoms with van der Waals surface area (Å²) in [5.74, 6) is 0.370. The number of benzene rings is 1. The van der Waals surface area contributed by atoms with Gasteiger partial charge in [-0.1, -0.05) is 30.1 Å². The molecular weight excluding hydrogens is 285 g/mol. The third kappa shape index (κ3) is 3.48. The zero-order chi connectivity index (χ0) is 13.1. The molecular formula is C10H13Cl2NO3S. The summed E-state index contributed by atoms with van der Waals surface area (Å²) in [6.07, 6.45) is 0. The van der Waals surface area contributed by atoms with Gasteiger partial charge in [0, 0.05) is 12.6 Å². The van der Waals surface area contributed by atoms with Gasteiger partial charge in [0.15, 0.2) is 0 Å². The quantitative estimate of drug-likeness (QED) is 0.909. The zero-order valence-electron chi connectivity index (χ0n) is 9.46. The van der Waals surface area contributed by atoms with Gasteiger partial charge in [-0.25, -0.2) is 13.1 Å². The van der Waals surface area contributed by atoms with Gasteiger partial charge in [0.2, 0.25) is 10.0 Å². The molecule has 7 heteroatoms. The third-order valence-corrected chi connectivity index (χ3v) is 4.22. The molecule has 4 nitrogen and oxygen atoms in total. The molecule has 0 unspecified atom stereocenters. The fraction of sp³-hybridized carbons (Fsp3) is 0.400. The molecule has 0 radical (unpaired) electrons. The van der Waals surface area contributed by atoms with Crippen molar-refractivity contribution in [2.24, 2.45) is 0 Å². The van der Waals surface area contributed by atoms with Gasteiger partial charge < -0.3 is 4.74 Å². The van der Waals surface area contributed by atoms with Gasteiger partial charge >= 0.3 is 0 Å². The summed E-state index contributed by atoms with van der Waals surface area (Å²) < 4.78 is 31.1. The van der Waals surface area contributed by atoms with Crippen LogP contribution in [0.3, 0.4) is 0 Å². The van der Waals surface area contributed by atoms with Crippen LogP contribution >= 0.6 is 23.2 Å². The Bertz CT molecular complexity index is 503. The fourth-order valence-electron chi connectivity index (χ4n) is 1.25. The van der Waals surface area contributed by atoms with Gasteiger partial charge in [-0.15, -0.1) is 0 Å².